The summed E-state index contributed by atoms with van der Waals surface area (Å²) in [6.07, 6.45) is 5.05. The minimum atomic E-state index is -0.145. The molecule has 1 N–H and O–H groups in total. The molecule has 0 radical (unpaired) electrons. The van der Waals surface area contributed by atoms with Crippen LogP contribution in [0.15, 0.2) is 72.4 Å². The smallest absolute Gasteiger partial charge is 0.258 e. The number of nitrogens with zero attached hydrogens (tertiary/aromatic N) is 2. The average molecular weight is 339 g/mol. The molecule has 4 rings (SSSR count). The van der Waals surface area contributed by atoms with Crippen LogP contribution < -0.4 is 5.56 Å². The number of rotatable bonds is 3. The van der Waals surface area contributed by atoms with Gasteiger partial charge in [0.15, 0.2) is 0 Å². The molecule has 2 aromatic heterocycles. The second-order valence-electron chi connectivity index (χ2n) is 6.14. The Balaban J connectivity index is 1.92. The Morgan fingerprint density at radius 2 is 1.88 bits per heavy atom. The van der Waals surface area contributed by atoms with E-state index in [9.17, 15) is 4.79 Å². The molecular weight excluding hydrogens is 322 g/mol. The first-order valence-electron chi connectivity index (χ1n) is 8.33. The van der Waals surface area contributed by atoms with E-state index in [0.29, 0.717) is 10.9 Å². The average Bonchev–Trinajstić information content (AvgIpc) is 2.68. The van der Waals surface area contributed by atoms with E-state index in [1.165, 1.54) is 6.33 Å². The van der Waals surface area contributed by atoms with Crippen LogP contribution in [-0.2, 0) is 0 Å². The third kappa shape index (κ3) is 2.71. The molecule has 0 spiro atoms. The molecule has 2 aromatic carbocycles. The number of H-pyrrole nitrogens is 1. The van der Waals surface area contributed by atoms with Gasteiger partial charge < -0.3 is 4.98 Å². The fourth-order valence-electron chi connectivity index (χ4n) is 3.16. The van der Waals surface area contributed by atoms with Gasteiger partial charge in [-0.15, -0.1) is 0 Å². The molecule has 4 heteroatoms. The van der Waals surface area contributed by atoms with Crippen molar-refractivity contribution in [1.82, 2.24) is 15.0 Å². The molecule has 2 heterocycles. The second kappa shape index (κ2) is 6.41. The molecule has 0 aliphatic carbocycles. The van der Waals surface area contributed by atoms with Crippen LogP contribution in [0.25, 0.3) is 39.4 Å². The van der Waals surface area contributed by atoms with Gasteiger partial charge in [0.1, 0.15) is 0 Å². The predicted octanol–water partition coefficient (Wildman–Crippen LogP) is 4.60. The van der Waals surface area contributed by atoms with Crippen molar-refractivity contribution >= 4 is 17.0 Å². The van der Waals surface area contributed by atoms with E-state index in [1.807, 2.05) is 48.5 Å². The Morgan fingerprint density at radius 1 is 1.04 bits per heavy atom. The molecule has 0 saturated carbocycles. The molecule has 26 heavy (non-hydrogen) atoms. The Hall–Kier alpha value is -3.53. The molecule has 4 nitrogen and oxygen atoms in total. The maximum Gasteiger partial charge on any atom is 0.258 e. The minimum Gasteiger partial charge on any atom is -0.313 e. The van der Waals surface area contributed by atoms with Gasteiger partial charge in [-0.2, -0.15) is 0 Å². The van der Waals surface area contributed by atoms with E-state index >= 15 is 0 Å². The summed E-state index contributed by atoms with van der Waals surface area (Å²) < 4.78 is 0. The topological polar surface area (TPSA) is 58.6 Å². The van der Waals surface area contributed by atoms with Crippen LogP contribution >= 0.6 is 0 Å². The maximum atomic E-state index is 12.1. The summed E-state index contributed by atoms with van der Waals surface area (Å²) in [5.41, 5.74) is 6.60. The lowest BCUT2D eigenvalue weighted by Crippen LogP contribution is -2.06. The SMILES string of the molecule is C=Cc1ccc(-c2ncccc2-c2ccc3nc[nH]c(=O)c3c2)cc1C. The third-order valence-corrected chi connectivity index (χ3v) is 4.52. The van der Waals surface area contributed by atoms with Crippen molar-refractivity contribution in [2.75, 3.05) is 0 Å². The largest absolute Gasteiger partial charge is 0.313 e. The highest BCUT2D eigenvalue weighted by molar-refractivity contribution is 5.88. The van der Waals surface area contributed by atoms with E-state index in [1.54, 1.807) is 6.20 Å². The molecule has 0 atom stereocenters. The van der Waals surface area contributed by atoms with Crippen molar-refractivity contribution in [2.24, 2.45) is 0 Å². The van der Waals surface area contributed by atoms with Crippen LogP contribution in [0.2, 0.25) is 0 Å². The second-order valence-corrected chi connectivity index (χ2v) is 6.14. The zero-order chi connectivity index (χ0) is 18.1. The van der Waals surface area contributed by atoms with Crippen molar-refractivity contribution in [3.63, 3.8) is 0 Å². The predicted molar refractivity (Wildman–Crippen MR) is 106 cm³/mol. The fourth-order valence-corrected chi connectivity index (χ4v) is 3.16. The molecule has 126 valence electrons. The first-order valence-corrected chi connectivity index (χ1v) is 8.33. The number of nitrogens with one attached hydrogen (secondary N) is 1. The summed E-state index contributed by atoms with van der Waals surface area (Å²) in [4.78, 5) is 23.5. The van der Waals surface area contributed by atoms with E-state index in [-0.39, 0.29) is 5.56 Å². The van der Waals surface area contributed by atoms with Crippen LogP contribution in [0.4, 0.5) is 0 Å². The quantitative estimate of drug-likeness (QED) is 0.593. The lowest BCUT2D eigenvalue weighted by Gasteiger charge is -2.11. The van der Waals surface area contributed by atoms with Crippen molar-refractivity contribution < 1.29 is 0 Å². The first-order chi connectivity index (χ1) is 12.7. The van der Waals surface area contributed by atoms with Gasteiger partial charge in [0.05, 0.1) is 22.9 Å². The molecule has 0 aliphatic rings. The third-order valence-electron chi connectivity index (χ3n) is 4.52. The van der Waals surface area contributed by atoms with Crippen LogP contribution in [0.1, 0.15) is 11.1 Å². The van der Waals surface area contributed by atoms with Gasteiger partial charge in [0.25, 0.3) is 5.56 Å². The zero-order valence-corrected chi connectivity index (χ0v) is 14.4. The van der Waals surface area contributed by atoms with Crippen LogP contribution in [0.5, 0.6) is 0 Å². The summed E-state index contributed by atoms with van der Waals surface area (Å²) in [7, 11) is 0. The molecule has 0 unspecified atom stereocenters. The molecular formula is C22H17N3O. The molecule has 0 aliphatic heterocycles. The number of aromatic nitrogens is 3. The molecule has 0 saturated heterocycles. The summed E-state index contributed by atoms with van der Waals surface area (Å²) in [5, 5.41) is 0.568. The highest BCUT2D eigenvalue weighted by Gasteiger charge is 2.11. The fraction of sp³-hybridized carbons (Fsp3) is 0.0455. The van der Waals surface area contributed by atoms with Crippen molar-refractivity contribution in [1.29, 1.82) is 0 Å². The van der Waals surface area contributed by atoms with Gasteiger partial charge in [0.2, 0.25) is 0 Å². The van der Waals surface area contributed by atoms with Crippen LogP contribution in [0.3, 0.4) is 0 Å². The molecule has 0 bridgehead atoms. The number of benzene rings is 2. The molecule has 0 amide bonds. The molecule has 4 aromatic rings. The maximum absolute atomic E-state index is 12.1. The lowest BCUT2D eigenvalue weighted by atomic mass is 9.96. The van der Waals surface area contributed by atoms with Crippen molar-refractivity contribution in [3.05, 3.63) is 89.1 Å². The minimum absolute atomic E-state index is 0.145. The Kier molecular flexibility index (Phi) is 3.93. The van der Waals surface area contributed by atoms with Crippen molar-refractivity contribution in [3.8, 4) is 22.4 Å². The van der Waals surface area contributed by atoms with Crippen LogP contribution in [-0.4, -0.2) is 15.0 Å². The summed E-state index contributed by atoms with van der Waals surface area (Å²) in [6, 6.07) is 15.8. The summed E-state index contributed by atoms with van der Waals surface area (Å²) in [5.74, 6) is 0. The highest BCUT2D eigenvalue weighted by atomic mass is 16.1. The monoisotopic (exact) mass is 339 g/mol. The number of hydrogen-bond acceptors (Lipinski definition) is 3. The molecule has 0 fully saturated rings. The summed E-state index contributed by atoms with van der Waals surface area (Å²) >= 11 is 0. The van der Waals surface area contributed by atoms with Gasteiger partial charge in [0, 0.05) is 17.3 Å². The zero-order valence-electron chi connectivity index (χ0n) is 14.4. The standard InChI is InChI=1S/C22H17N3O/c1-3-15-6-7-17(11-14(15)2)21-18(5-4-10-23-21)16-8-9-20-19(12-16)22(26)25-13-24-20/h3-13H,1H2,2H3,(H,24,25,26). The normalized spacial score (nSPS) is 10.8. The number of fused-ring (bicyclic) bond motifs is 1. The lowest BCUT2D eigenvalue weighted by molar-refractivity contribution is 1.17. The first kappa shape index (κ1) is 16.0. The number of aromatic amines is 1. The Bertz CT molecular complexity index is 1190. The Labute approximate surface area is 150 Å². The van der Waals surface area contributed by atoms with E-state index < -0.39 is 0 Å². The van der Waals surface area contributed by atoms with Gasteiger partial charge in [-0.25, -0.2) is 4.98 Å². The number of pyridine rings is 1. The van der Waals surface area contributed by atoms with Gasteiger partial charge in [-0.1, -0.05) is 36.9 Å². The Morgan fingerprint density at radius 3 is 2.69 bits per heavy atom. The number of aryl methyl sites for hydroxylation is 1. The highest BCUT2D eigenvalue weighted by Crippen LogP contribution is 2.32. The van der Waals surface area contributed by atoms with Gasteiger partial charge >= 0.3 is 0 Å². The van der Waals surface area contributed by atoms with Gasteiger partial charge in [-0.3, -0.25) is 9.78 Å². The summed E-state index contributed by atoms with van der Waals surface area (Å²) in [6.45, 7) is 5.90. The number of hydrogen-bond donors (Lipinski definition) is 1. The van der Waals surface area contributed by atoms with Crippen LogP contribution in [0, 0.1) is 6.92 Å². The van der Waals surface area contributed by atoms with E-state index in [4.69, 9.17) is 0 Å². The van der Waals surface area contributed by atoms with Gasteiger partial charge in [-0.05, 0) is 47.9 Å². The van der Waals surface area contributed by atoms with E-state index in [0.717, 1.165) is 33.5 Å². The van der Waals surface area contributed by atoms with E-state index in [2.05, 4.69) is 34.5 Å². The van der Waals surface area contributed by atoms with Crippen molar-refractivity contribution in [2.45, 2.75) is 6.92 Å².